The smallest absolute Gasteiger partial charge is 0.325 e. The number of imide groups is 1. The highest BCUT2D eigenvalue weighted by molar-refractivity contribution is 6.09. The average molecular weight is 386 g/mol. The van der Waals surface area contributed by atoms with Crippen LogP contribution in [0.3, 0.4) is 0 Å². The summed E-state index contributed by atoms with van der Waals surface area (Å²) >= 11 is 0. The number of rotatable bonds is 6. The molecule has 1 spiro atoms. The van der Waals surface area contributed by atoms with Crippen molar-refractivity contribution in [2.75, 3.05) is 6.54 Å². The molecule has 152 valence electrons. The molecular weight excluding hydrogens is 354 g/mol. The summed E-state index contributed by atoms with van der Waals surface area (Å²) in [7, 11) is 0. The van der Waals surface area contributed by atoms with Gasteiger partial charge in [0.25, 0.3) is 5.91 Å². The van der Waals surface area contributed by atoms with Crippen LogP contribution in [0, 0.1) is 11.8 Å². The van der Waals surface area contributed by atoms with E-state index in [1.807, 2.05) is 37.3 Å². The van der Waals surface area contributed by atoms with Crippen LogP contribution in [0.4, 0.5) is 4.79 Å². The van der Waals surface area contributed by atoms with Gasteiger partial charge in [-0.1, -0.05) is 63.9 Å². The van der Waals surface area contributed by atoms with Crippen LogP contribution in [-0.4, -0.2) is 34.8 Å². The van der Waals surface area contributed by atoms with Crippen molar-refractivity contribution in [2.45, 2.75) is 64.5 Å². The van der Waals surface area contributed by atoms with Gasteiger partial charge in [0.1, 0.15) is 12.1 Å². The highest BCUT2D eigenvalue weighted by Crippen LogP contribution is 2.38. The molecule has 1 saturated carbocycles. The summed E-state index contributed by atoms with van der Waals surface area (Å²) in [5.74, 6) is -0.0733. The fraction of sp³-hybridized carbons (Fsp3) is 0.591. The Morgan fingerprint density at radius 2 is 1.96 bits per heavy atom. The van der Waals surface area contributed by atoms with Crippen LogP contribution in [-0.2, 0) is 9.59 Å². The van der Waals surface area contributed by atoms with Gasteiger partial charge in [-0.3, -0.25) is 14.5 Å². The van der Waals surface area contributed by atoms with E-state index in [1.54, 1.807) is 0 Å². The molecule has 3 rings (SSSR count). The third kappa shape index (κ3) is 4.05. The lowest BCUT2D eigenvalue weighted by Crippen LogP contribution is -2.54. The largest absolute Gasteiger partial charge is 0.348 e. The van der Waals surface area contributed by atoms with Crippen LogP contribution >= 0.6 is 0 Å². The van der Waals surface area contributed by atoms with Gasteiger partial charge in [-0.2, -0.15) is 0 Å². The lowest BCUT2D eigenvalue weighted by Gasteiger charge is -2.36. The fourth-order valence-electron chi connectivity index (χ4n) is 4.46. The number of hydrogen-bond acceptors (Lipinski definition) is 3. The molecule has 1 aliphatic carbocycles. The van der Waals surface area contributed by atoms with E-state index in [2.05, 4.69) is 24.5 Å². The molecule has 1 aromatic rings. The van der Waals surface area contributed by atoms with Gasteiger partial charge in [-0.25, -0.2) is 4.79 Å². The van der Waals surface area contributed by atoms with Crippen molar-refractivity contribution in [3.63, 3.8) is 0 Å². The Bertz CT molecular complexity index is 734. The number of amides is 4. The van der Waals surface area contributed by atoms with Gasteiger partial charge in [0.05, 0.1) is 6.04 Å². The van der Waals surface area contributed by atoms with Crippen molar-refractivity contribution in [3.8, 4) is 0 Å². The van der Waals surface area contributed by atoms with E-state index >= 15 is 0 Å². The number of carbonyl (C=O) groups is 3. The summed E-state index contributed by atoms with van der Waals surface area (Å²) in [6, 6.07) is 9.21. The first kappa shape index (κ1) is 20.4. The second-order valence-corrected chi connectivity index (χ2v) is 8.60. The van der Waals surface area contributed by atoms with Gasteiger partial charge in [0.2, 0.25) is 5.91 Å². The molecule has 0 aromatic heterocycles. The Kier molecular flexibility index (Phi) is 6.06. The molecule has 0 radical (unpaired) electrons. The fourth-order valence-corrected chi connectivity index (χ4v) is 4.46. The second kappa shape index (κ2) is 8.33. The number of benzene rings is 1. The summed E-state index contributed by atoms with van der Waals surface area (Å²) < 4.78 is 0. The van der Waals surface area contributed by atoms with Crippen molar-refractivity contribution in [3.05, 3.63) is 35.9 Å². The van der Waals surface area contributed by atoms with Gasteiger partial charge in [-0.15, -0.1) is 0 Å². The number of urea groups is 1. The lowest BCUT2D eigenvalue weighted by molar-refractivity contribution is -0.137. The molecule has 0 unspecified atom stereocenters. The first-order valence-electron chi connectivity index (χ1n) is 10.3. The number of carbonyl (C=O) groups excluding carboxylic acids is 3. The molecule has 1 aromatic carbocycles. The maximum Gasteiger partial charge on any atom is 0.325 e. The van der Waals surface area contributed by atoms with Crippen LogP contribution in [0.25, 0.3) is 0 Å². The van der Waals surface area contributed by atoms with E-state index in [4.69, 9.17) is 0 Å². The summed E-state index contributed by atoms with van der Waals surface area (Å²) in [5.41, 5.74) is 0.200. The third-order valence-corrected chi connectivity index (χ3v) is 6.05. The molecule has 6 nitrogen and oxygen atoms in total. The SMILES string of the molecule is CC(C)C[C@H](NC(=O)CN1C(=O)N[C@]2(CCCC[C@H]2C)C1=O)c1ccccc1. The van der Waals surface area contributed by atoms with Crippen LogP contribution in [0.15, 0.2) is 30.3 Å². The Hall–Kier alpha value is -2.37. The molecule has 1 aliphatic heterocycles. The summed E-state index contributed by atoms with van der Waals surface area (Å²) in [4.78, 5) is 39.3. The van der Waals surface area contributed by atoms with Crippen molar-refractivity contribution in [1.82, 2.24) is 15.5 Å². The van der Waals surface area contributed by atoms with E-state index in [1.165, 1.54) is 0 Å². The van der Waals surface area contributed by atoms with Gasteiger partial charge in [-0.05, 0) is 36.7 Å². The van der Waals surface area contributed by atoms with Gasteiger partial charge >= 0.3 is 6.03 Å². The van der Waals surface area contributed by atoms with Crippen LogP contribution in [0.1, 0.15) is 64.5 Å². The predicted octanol–water partition coefficient (Wildman–Crippen LogP) is 3.39. The van der Waals surface area contributed by atoms with E-state index in [-0.39, 0.29) is 30.3 Å². The zero-order chi connectivity index (χ0) is 20.3. The highest BCUT2D eigenvalue weighted by Gasteiger charge is 2.55. The summed E-state index contributed by atoms with van der Waals surface area (Å²) in [5, 5.41) is 5.92. The van der Waals surface area contributed by atoms with E-state index in [0.717, 1.165) is 36.1 Å². The minimum Gasteiger partial charge on any atom is -0.348 e. The number of nitrogens with zero attached hydrogens (tertiary/aromatic N) is 1. The predicted molar refractivity (Wildman–Crippen MR) is 107 cm³/mol. The van der Waals surface area contributed by atoms with Gasteiger partial charge in [0, 0.05) is 0 Å². The van der Waals surface area contributed by atoms with Crippen molar-refractivity contribution in [1.29, 1.82) is 0 Å². The van der Waals surface area contributed by atoms with Crippen LogP contribution in [0.5, 0.6) is 0 Å². The van der Waals surface area contributed by atoms with E-state index in [9.17, 15) is 14.4 Å². The molecule has 4 amide bonds. The topological polar surface area (TPSA) is 78.5 Å². The standard InChI is InChI=1S/C22H31N3O3/c1-15(2)13-18(17-10-5-4-6-11-17)23-19(26)14-25-20(27)22(24-21(25)28)12-8-7-9-16(22)3/h4-6,10-11,15-16,18H,7-9,12-14H2,1-3H3,(H,23,26)(H,24,28)/t16-,18+,22+/m1/s1. The summed E-state index contributed by atoms with van der Waals surface area (Å²) in [6.45, 7) is 5.98. The first-order valence-corrected chi connectivity index (χ1v) is 10.3. The Morgan fingerprint density at radius 3 is 2.61 bits per heavy atom. The van der Waals surface area contributed by atoms with Crippen LogP contribution in [0.2, 0.25) is 0 Å². The Labute approximate surface area is 167 Å². The monoisotopic (exact) mass is 385 g/mol. The van der Waals surface area contributed by atoms with Crippen molar-refractivity contribution in [2.24, 2.45) is 11.8 Å². The average Bonchev–Trinajstić information content (AvgIpc) is 2.89. The zero-order valence-electron chi connectivity index (χ0n) is 17.0. The molecule has 6 heteroatoms. The second-order valence-electron chi connectivity index (χ2n) is 8.60. The van der Waals surface area contributed by atoms with E-state index in [0.29, 0.717) is 12.3 Å². The molecule has 2 fully saturated rings. The minimum atomic E-state index is -0.827. The van der Waals surface area contributed by atoms with Crippen molar-refractivity contribution >= 4 is 17.8 Å². The number of hydrogen-bond donors (Lipinski definition) is 2. The Balaban J connectivity index is 1.69. The van der Waals surface area contributed by atoms with Crippen molar-refractivity contribution < 1.29 is 14.4 Å². The molecule has 3 atom stereocenters. The van der Waals surface area contributed by atoms with Gasteiger partial charge < -0.3 is 10.6 Å². The zero-order valence-corrected chi connectivity index (χ0v) is 17.0. The normalized spacial score (nSPS) is 25.9. The molecule has 1 heterocycles. The Morgan fingerprint density at radius 1 is 1.25 bits per heavy atom. The maximum absolute atomic E-state index is 13.0. The third-order valence-electron chi connectivity index (χ3n) is 6.05. The highest BCUT2D eigenvalue weighted by atomic mass is 16.2. The number of nitrogens with one attached hydrogen (secondary N) is 2. The molecular formula is C22H31N3O3. The molecule has 2 aliphatic rings. The molecule has 2 N–H and O–H groups in total. The van der Waals surface area contributed by atoms with Crippen LogP contribution < -0.4 is 10.6 Å². The first-order chi connectivity index (χ1) is 13.3. The maximum atomic E-state index is 13.0. The quantitative estimate of drug-likeness (QED) is 0.737. The lowest BCUT2D eigenvalue weighted by atomic mass is 9.73. The molecule has 28 heavy (non-hydrogen) atoms. The minimum absolute atomic E-state index is 0.0868. The molecule has 0 bridgehead atoms. The summed E-state index contributed by atoms with van der Waals surface area (Å²) in [6.07, 6.45) is 4.34. The molecule has 1 saturated heterocycles. The van der Waals surface area contributed by atoms with Gasteiger partial charge in [0.15, 0.2) is 0 Å². The van der Waals surface area contributed by atoms with E-state index < -0.39 is 11.6 Å².